The number of pyridine rings is 1. The average Bonchev–Trinajstić information content (AvgIpc) is 3.59. The first-order valence-electron chi connectivity index (χ1n) is 10.8. The molecule has 1 amide bonds. The molecule has 31 heavy (non-hydrogen) atoms. The lowest BCUT2D eigenvalue weighted by Crippen LogP contribution is -2.44. The third-order valence-electron chi connectivity index (χ3n) is 6.57. The van der Waals surface area contributed by atoms with E-state index in [0.717, 1.165) is 51.1 Å². The van der Waals surface area contributed by atoms with Crippen molar-refractivity contribution in [1.29, 1.82) is 0 Å². The molecule has 2 aromatic rings. The van der Waals surface area contributed by atoms with Crippen molar-refractivity contribution in [3.8, 4) is 0 Å². The van der Waals surface area contributed by atoms with Crippen LogP contribution >= 0.6 is 0 Å². The van der Waals surface area contributed by atoms with Crippen LogP contribution in [0, 0.1) is 0 Å². The topological polar surface area (TPSA) is 53.4 Å². The van der Waals surface area contributed by atoms with Crippen molar-refractivity contribution in [2.45, 2.75) is 75.2 Å². The third-order valence-corrected chi connectivity index (χ3v) is 6.57. The molecule has 0 radical (unpaired) electrons. The third kappa shape index (κ3) is 4.47. The molecule has 4 rings (SSSR count). The van der Waals surface area contributed by atoms with E-state index in [1.807, 2.05) is 23.1 Å². The molecule has 0 saturated heterocycles. The molecule has 0 bridgehead atoms. The van der Waals surface area contributed by atoms with Gasteiger partial charge in [-0.05, 0) is 68.9 Å². The molecule has 7 heteroatoms. The van der Waals surface area contributed by atoms with Crippen molar-refractivity contribution in [2.75, 3.05) is 0 Å². The van der Waals surface area contributed by atoms with Crippen molar-refractivity contribution in [3.05, 3.63) is 65.5 Å². The summed E-state index contributed by atoms with van der Waals surface area (Å²) in [5.41, 5.74) is -1.82. The number of aliphatic hydroxyl groups is 1. The van der Waals surface area contributed by atoms with E-state index < -0.39 is 11.8 Å². The Balaban J connectivity index is 1.53. The summed E-state index contributed by atoms with van der Waals surface area (Å²) in [6.45, 7) is 0.722. The van der Waals surface area contributed by atoms with Crippen LogP contribution in [0.25, 0.3) is 0 Å². The lowest BCUT2D eigenvalue weighted by molar-refractivity contribution is -0.258. The minimum atomic E-state index is -4.79. The predicted molar refractivity (Wildman–Crippen MR) is 110 cm³/mol. The smallest absolute Gasteiger partial charge is 0.376 e. The summed E-state index contributed by atoms with van der Waals surface area (Å²) >= 11 is 0. The molecule has 1 aromatic carbocycles. The molecule has 0 spiro atoms. The minimum absolute atomic E-state index is 0.0960. The molecule has 2 saturated carbocycles. The number of hydrogen-bond acceptors (Lipinski definition) is 3. The van der Waals surface area contributed by atoms with E-state index >= 15 is 0 Å². The fourth-order valence-electron chi connectivity index (χ4n) is 4.54. The van der Waals surface area contributed by atoms with Crippen molar-refractivity contribution in [2.24, 2.45) is 0 Å². The first-order chi connectivity index (χ1) is 14.7. The second kappa shape index (κ2) is 8.26. The second-order valence-corrected chi connectivity index (χ2v) is 8.86. The fraction of sp³-hybridized carbons (Fsp3) is 0.500. The molecule has 3 atom stereocenters. The molecular weight excluding hydrogens is 405 g/mol. The standard InChI is InChI=1S/C24H27F3N2O2/c1-23(31,24(25,26)27)18-10-8-16(9-11-18)22(30)29(19-12-13-19)20-6-4-5-17(15-20)21-7-2-3-14-28-21/h2-3,7-11,14,17,19-20,31H,4-6,12-13,15H2,1H3/t17-,20+,23-/m0/s1. The summed E-state index contributed by atoms with van der Waals surface area (Å²) < 4.78 is 39.3. The molecule has 166 valence electrons. The van der Waals surface area contributed by atoms with Crippen LogP contribution in [0.2, 0.25) is 0 Å². The zero-order valence-corrected chi connectivity index (χ0v) is 17.5. The normalized spacial score (nSPS) is 23.8. The Bertz CT molecular complexity index is 909. The number of amides is 1. The zero-order valence-electron chi connectivity index (χ0n) is 17.5. The summed E-state index contributed by atoms with van der Waals surface area (Å²) in [5, 5.41) is 9.87. The van der Waals surface area contributed by atoms with Crippen LogP contribution in [0.3, 0.4) is 0 Å². The van der Waals surface area contributed by atoms with Gasteiger partial charge < -0.3 is 10.0 Å². The fourth-order valence-corrected chi connectivity index (χ4v) is 4.54. The summed E-state index contributed by atoms with van der Waals surface area (Å²) in [6.07, 6.45) is 2.74. The number of rotatable bonds is 5. The van der Waals surface area contributed by atoms with Crippen molar-refractivity contribution < 1.29 is 23.1 Å². The highest BCUT2D eigenvalue weighted by Gasteiger charge is 2.51. The number of benzene rings is 1. The van der Waals surface area contributed by atoms with Crippen LogP contribution in [-0.4, -0.2) is 39.2 Å². The Morgan fingerprint density at radius 3 is 2.32 bits per heavy atom. The first-order valence-corrected chi connectivity index (χ1v) is 10.8. The van der Waals surface area contributed by atoms with Gasteiger partial charge in [-0.3, -0.25) is 9.78 Å². The monoisotopic (exact) mass is 432 g/mol. The van der Waals surface area contributed by atoms with Gasteiger partial charge in [-0.1, -0.05) is 24.6 Å². The van der Waals surface area contributed by atoms with E-state index in [1.165, 1.54) is 24.3 Å². The molecule has 1 aromatic heterocycles. The second-order valence-electron chi connectivity index (χ2n) is 8.86. The van der Waals surface area contributed by atoms with Crippen LogP contribution in [-0.2, 0) is 5.60 Å². The average molecular weight is 432 g/mol. The van der Waals surface area contributed by atoms with Crippen LogP contribution < -0.4 is 0 Å². The lowest BCUT2D eigenvalue weighted by atomic mass is 9.82. The number of hydrogen-bond donors (Lipinski definition) is 1. The SMILES string of the molecule is C[C@](O)(c1ccc(C(=O)N(C2CC2)[C@@H]2CCC[C@H](c3ccccn3)C2)cc1)C(F)(F)F. The van der Waals surface area contributed by atoms with Gasteiger partial charge in [0.15, 0.2) is 5.60 Å². The number of carbonyl (C=O) groups excluding carboxylic acids is 1. The Labute approximate surface area is 180 Å². The Hall–Kier alpha value is -2.41. The number of aromatic nitrogens is 1. The summed E-state index contributed by atoms with van der Waals surface area (Å²) in [5.74, 6) is 0.158. The highest BCUT2D eigenvalue weighted by Crippen LogP contribution is 2.41. The quantitative estimate of drug-likeness (QED) is 0.708. The maximum Gasteiger partial charge on any atom is 0.421 e. The van der Waals surface area contributed by atoms with Gasteiger partial charge in [-0.2, -0.15) is 13.2 Å². The minimum Gasteiger partial charge on any atom is -0.376 e. The molecule has 2 aliphatic carbocycles. The van der Waals surface area contributed by atoms with Crippen molar-refractivity contribution >= 4 is 5.91 Å². The predicted octanol–water partition coefficient (Wildman–Crippen LogP) is 5.18. The lowest BCUT2D eigenvalue weighted by Gasteiger charge is -2.38. The maximum absolute atomic E-state index is 13.4. The van der Waals surface area contributed by atoms with Gasteiger partial charge in [-0.15, -0.1) is 0 Å². The number of nitrogens with zero attached hydrogens (tertiary/aromatic N) is 2. The van der Waals surface area contributed by atoms with E-state index in [9.17, 15) is 23.1 Å². The molecule has 0 unspecified atom stereocenters. The Kier molecular flexibility index (Phi) is 5.81. The van der Waals surface area contributed by atoms with Crippen LogP contribution in [0.5, 0.6) is 0 Å². The molecule has 2 aliphatic rings. The van der Waals surface area contributed by atoms with Gasteiger partial charge in [0.2, 0.25) is 0 Å². The summed E-state index contributed by atoms with van der Waals surface area (Å²) in [7, 11) is 0. The highest BCUT2D eigenvalue weighted by atomic mass is 19.4. The molecule has 0 aliphatic heterocycles. The van der Waals surface area contributed by atoms with E-state index in [-0.39, 0.29) is 23.6 Å². The van der Waals surface area contributed by atoms with Gasteiger partial charge in [0.25, 0.3) is 5.91 Å². The van der Waals surface area contributed by atoms with E-state index in [4.69, 9.17) is 0 Å². The Morgan fingerprint density at radius 1 is 1.03 bits per heavy atom. The van der Waals surface area contributed by atoms with Gasteiger partial charge >= 0.3 is 6.18 Å². The molecule has 4 nitrogen and oxygen atoms in total. The van der Waals surface area contributed by atoms with E-state index in [1.54, 1.807) is 6.20 Å². The van der Waals surface area contributed by atoms with Gasteiger partial charge in [0.1, 0.15) is 0 Å². The van der Waals surface area contributed by atoms with Gasteiger partial charge in [0, 0.05) is 35.5 Å². The van der Waals surface area contributed by atoms with Gasteiger partial charge in [-0.25, -0.2) is 0 Å². The van der Waals surface area contributed by atoms with Crippen LogP contribution in [0.15, 0.2) is 48.7 Å². The van der Waals surface area contributed by atoms with E-state index in [2.05, 4.69) is 4.98 Å². The maximum atomic E-state index is 13.4. The number of alkyl halides is 3. The molecule has 1 heterocycles. The van der Waals surface area contributed by atoms with E-state index in [0.29, 0.717) is 11.5 Å². The van der Waals surface area contributed by atoms with Crippen LogP contribution in [0.1, 0.15) is 73.0 Å². The molecular formula is C24H27F3N2O2. The van der Waals surface area contributed by atoms with Gasteiger partial charge in [0.05, 0.1) is 0 Å². The number of halogens is 3. The summed E-state index contributed by atoms with van der Waals surface area (Å²) in [4.78, 5) is 19.8. The van der Waals surface area contributed by atoms with Crippen molar-refractivity contribution in [1.82, 2.24) is 9.88 Å². The summed E-state index contributed by atoms with van der Waals surface area (Å²) in [6, 6.07) is 11.4. The highest BCUT2D eigenvalue weighted by molar-refractivity contribution is 5.95. The Morgan fingerprint density at radius 2 is 1.74 bits per heavy atom. The molecule has 1 N–H and O–H groups in total. The largest absolute Gasteiger partial charge is 0.421 e. The van der Waals surface area contributed by atoms with Crippen LogP contribution in [0.4, 0.5) is 13.2 Å². The first kappa shape index (κ1) is 21.8. The zero-order chi connectivity index (χ0) is 22.2. The number of carbonyl (C=O) groups is 1. The van der Waals surface area contributed by atoms with Crippen molar-refractivity contribution in [3.63, 3.8) is 0 Å². The molecule has 2 fully saturated rings.